The van der Waals surface area contributed by atoms with E-state index in [-0.39, 0.29) is 22.6 Å². The van der Waals surface area contributed by atoms with Crippen molar-refractivity contribution in [2.75, 3.05) is 11.6 Å². The van der Waals surface area contributed by atoms with Gasteiger partial charge in [-0.1, -0.05) is 43.4 Å². The molecule has 7 nitrogen and oxygen atoms in total. The molecule has 4 rings (SSSR count). The molecule has 30 heavy (non-hydrogen) atoms. The predicted molar refractivity (Wildman–Crippen MR) is 116 cm³/mol. The molecule has 0 saturated heterocycles. The number of carbonyl (C=O) groups excluding carboxylic acids is 2. The van der Waals surface area contributed by atoms with Crippen LogP contribution in [-0.2, 0) is 21.2 Å². The van der Waals surface area contributed by atoms with E-state index in [1.165, 1.54) is 17.4 Å². The maximum atomic E-state index is 13.1. The summed E-state index contributed by atoms with van der Waals surface area (Å²) in [6.07, 6.45) is 1.15. The summed E-state index contributed by atoms with van der Waals surface area (Å²) in [5.41, 5.74) is 2.15. The number of nitrogens with zero attached hydrogens (tertiary/aromatic N) is 2. The molecule has 0 aliphatic carbocycles. The molecule has 1 aliphatic rings. The summed E-state index contributed by atoms with van der Waals surface area (Å²) < 4.78 is 24.2. The lowest BCUT2D eigenvalue weighted by Gasteiger charge is -2.29. The minimum atomic E-state index is -3.33. The highest BCUT2D eigenvalue weighted by Crippen LogP contribution is 2.30. The smallest absolute Gasteiger partial charge is 0.255 e. The average Bonchev–Trinajstić information content (AvgIpc) is 3.21. The zero-order valence-electron chi connectivity index (χ0n) is 16.7. The molecule has 0 fully saturated rings. The van der Waals surface area contributed by atoms with E-state index in [4.69, 9.17) is 0 Å². The van der Waals surface area contributed by atoms with Crippen LogP contribution in [0.3, 0.4) is 0 Å². The van der Waals surface area contributed by atoms with Crippen LogP contribution in [0.5, 0.6) is 0 Å². The molecule has 0 radical (unpaired) electrons. The molecule has 1 aliphatic heterocycles. The van der Waals surface area contributed by atoms with E-state index in [2.05, 4.69) is 10.3 Å². The first kappa shape index (κ1) is 20.5. The standard InChI is InChI=1S/C21H21N3O4S2/c1-12(2)18(24-11-13-6-4-5-7-15(13)20(24)26)19(25)23-21-22-16-9-8-14(30(3,27)28)10-17(16)29-21/h4-10,12,18H,11H2,1-3H3,(H,22,23,25). The maximum absolute atomic E-state index is 13.1. The van der Waals surface area contributed by atoms with E-state index in [0.717, 1.165) is 11.8 Å². The Bertz CT molecular complexity index is 1260. The molecule has 9 heteroatoms. The average molecular weight is 444 g/mol. The molecule has 1 N–H and O–H groups in total. The zero-order chi connectivity index (χ0) is 21.6. The molecular formula is C21H21N3O4S2. The van der Waals surface area contributed by atoms with Gasteiger partial charge in [0.05, 0.1) is 15.1 Å². The van der Waals surface area contributed by atoms with Gasteiger partial charge in [-0.15, -0.1) is 0 Å². The quantitative estimate of drug-likeness (QED) is 0.653. The Labute approximate surface area is 178 Å². The second-order valence-electron chi connectivity index (χ2n) is 7.69. The van der Waals surface area contributed by atoms with Crippen LogP contribution < -0.4 is 5.32 Å². The highest BCUT2D eigenvalue weighted by atomic mass is 32.2. The lowest BCUT2D eigenvalue weighted by molar-refractivity contribution is -0.122. The Hall–Kier alpha value is -2.78. The van der Waals surface area contributed by atoms with E-state index in [9.17, 15) is 18.0 Å². The SMILES string of the molecule is CC(C)C(C(=O)Nc1nc2ccc(S(C)(=O)=O)cc2s1)N1Cc2ccccc2C1=O. The molecule has 1 unspecified atom stereocenters. The van der Waals surface area contributed by atoms with Crippen molar-refractivity contribution in [2.24, 2.45) is 5.92 Å². The fraction of sp³-hybridized carbons (Fsp3) is 0.286. The molecule has 2 amide bonds. The molecule has 1 aromatic heterocycles. The first-order chi connectivity index (χ1) is 14.1. The minimum absolute atomic E-state index is 0.102. The monoisotopic (exact) mass is 443 g/mol. The largest absolute Gasteiger partial charge is 0.322 e. The number of benzene rings is 2. The molecule has 156 valence electrons. The fourth-order valence-electron chi connectivity index (χ4n) is 3.67. The van der Waals surface area contributed by atoms with Gasteiger partial charge >= 0.3 is 0 Å². The first-order valence-electron chi connectivity index (χ1n) is 9.45. The molecule has 2 aromatic carbocycles. The van der Waals surface area contributed by atoms with Gasteiger partial charge in [0.2, 0.25) is 5.91 Å². The van der Waals surface area contributed by atoms with Crippen LogP contribution in [-0.4, -0.2) is 42.4 Å². The van der Waals surface area contributed by atoms with Crippen molar-refractivity contribution in [2.45, 2.75) is 31.3 Å². The molecule has 1 atom stereocenters. The van der Waals surface area contributed by atoms with Gasteiger partial charge in [0, 0.05) is 18.4 Å². The Morgan fingerprint density at radius 2 is 1.93 bits per heavy atom. The number of carbonyl (C=O) groups is 2. The van der Waals surface area contributed by atoms with Crippen molar-refractivity contribution in [1.82, 2.24) is 9.88 Å². The Kier molecular flexibility index (Phi) is 5.11. The molecule has 3 aromatic rings. The summed E-state index contributed by atoms with van der Waals surface area (Å²) in [5.74, 6) is -0.565. The van der Waals surface area contributed by atoms with E-state index >= 15 is 0 Å². The van der Waals surface area contributed by atoms with Crippen LogP contribution in [0.2, 0.25) is 0 Å². The van der Waals surface area contributed by atoms with E-state index in [0.29, 0.717) is 27.5 Å². The summed E-state index contributed by atoms with van der Waals surface area (Å²) >= 11 is 1.20. The molecular weight excluding hydrogens is 422 g/mol. The van der Waals surface area contributed by atoms with Crippen molar-refractivity contribution in [3.63, 3.8) is 0 Å². The van der Waals surface area contributed by atoms with Gasteiger partial charge in [0.25, 0.3) is 5.91 Å². The Morgan fingerprint density at radius 1 is 1.20 bits per heavy atom. The van der Waals surface area contributed by atoms with Crippen LogP contribution in [0.4, 0.5) is 5.13 Å². The second-order valence-corrected chi connectivity index (χ2v) is 10.7. The van der Waals surface area contributed by atoms with Crippen molar-refractivity contribution in [1.29, 1.82) is 0 Å². The molecule has 0 spiro atoms. The lowest BCUT2D eigenvalue weighted by Crippen LogP contribution is -2.47. The van der Waals surface area contributed by atoms with Crippen molar-refractivity contribution < 1.29 is 18.0 Å². The zero-order valence-corrected chi connectivity index (χ0v) is 18.4. The first-order valence-corrected chi connectivity index (χ1v) is 12.2. The number of fused-ring (bicyclic) bond motifs is 2. The van der Waals surface area contributed by atoms with Crippen LogP contribution in [0.15, 0.2) is 47.4 Å². The number of amides is 2. The van der Waals surface area contributed by atoms with Gasteiger partial charge in [-0.2, -0.15) is 0 Å². The predicted octanol–water partition coefficient (Wildman–Crippen LogP) is 3.32. The third-order valence-corrected chi connectivity index (χ3v) is 7.15. The number of nitrogens with one attached hydrogen (secondary N) is 1. The number of rotatable bonds is 5. The minimum Gasteiger partial charge on any atom is -0.322 e. The summed E-state index contributed by atoms with van der Waals surface area (Å²) in [6, 6.07) is 11.4. The van der Waals surface area contributed by atoms with Crippen LogP contribution >= 0.6 is 11.3 Å². The number of sulfone groups is 1. The summed E-state index contributed by atoms with van der Waals surface area (Å²) in [4.78, 5) is 32.1. The topological polar surface area (TPSA) is 96.4 Å². The molecule has 0 bridgehead atoms. The van der Waals surface area contributed by atoms with Gasteiger partial charge in [0.1, 0.15) is 6.04 Å². The van der Waals surface area contributed by atoms with Crippen molar-refractivity contribution >= 4 is 48.3 Å². The number of aromatic nitrogens is 1. The number of thiazole rings is 1. The van der Waals surface area contributed by atoms with Gasteiger partial charge < -0.3 is 10.2 Å². The number of anilines is 1. The van der Waals surface area contributed by atoms with Crippen molar-refractivity contribution in [3.8, 4) is 0 Å². The maximum Gasteiger partial charge on any atom is 0.255 e. The Morgan fingerprint density at radius 3 is 2.60 bits per heavy atom. The van der Waals surface area contributed by atoms with Crippen LogP contribution in [0, 0.1) is 5.92 Å². The van der Waals surface area contributed by atoms with Gasteiger partial charge in [-0.05, 0) is 35.7 Å². The third kappa shape index (κ3) is 3.70. The third-order valence-electron chi connectivity index (χ3n) is 5.10. The highest BCUT2D eigenvalue weighted by molar-refractivity contribution is 7.90. The fourth-order valence-corrected chi connectivity index (χ4v) is 5.30. The molecule has 0 saturated carbocycles. The van der Waals surface area contributed by atoms with E-state index in [1.807, 2.05) is 32.0 Å². The molecule has 2 heterocycles. The number of hydrogen-bond donors (Lipinski definition) is 1. The Balaban J connectivity index is 1.59. The van der Waals surface area contributed by atoms with E-state index in [1.54, 1.807) is 23.1 Å². The van der Waals surface area contributed by atoms with E-state index < -0.39 is 15.9 Å². The van der Waals surface area contributed by atoms with Gasteiger partial charge in [0.15, 0.2) is 15.0 Å². The van der Waals surface area contributed by atoms with Crippen LogP contribution in [0.25, 0.3) is 10.2 Å². The summed E-state index contributed by atoms with van der Waals surface area (Å²) in [7, 11) is -3.33. The lowest BCUT2D eigenvalue weighted by atomic mass is 10.0. The van der Waals surface area contributed by atoms with Gasteiger partial charge in [-0.3, -0.25) is 9.59 Å². The highest BCUT2D eigenvalue weighted by Gasteiger charge is 2.38. The van der Waals surface area contributed by atoms with Crippen molar-refractivity contribution in [3.05, 3.63) is 53.6 Å². The normalized spacial score (nSPS) is 14.9. The summed E-state index contributed by atoms with van der Waals surface area (Å²) in [6.45, 7) is 4.19. The van der Waals surface area contributed by atoms with Crippen LogP contribution in [0.1, 0.15) is 29.8 Å². The summed E-state index contributed by atoms with van der Waals surface area (Å²) in [5, 5.41) is 3.19. The number of hydrogen-bond acceptors (Lipinski definition) is 6. The second kappa shape index (κ2) is 7.48. The van der Waals surface area contributed by atoms with Gasteiger partial charge in [-0.25, -0.2) is 13.4 Å².